The Balaban J connectivity index is 0.000000134. The zero-order valence-corrected chi connectivity index (χ0v) is 69.7. The van der Waals surface area contributed by atoms with Gasteiger partial charge in [0.2, 0.25) is 0 Å². The second kappa shape index (κ2) is 33.9. The van der Waals surface area contributed by atoms with Crippen LogP contribution in [0.1, 0.15) is 221 Å². The fourth-order valence-corrected chi connectivity index (χ4v) is 25.4. The van der Waals surface area contributed by atoms with Gasteiger partial charge in [-0.15, -0.1) is 0 Å². The minimum Gasteiger partial charge on any atom is -0.462 e. The fourth-order valence-electron chi connectivity index (χ4n) is 25.4. The monoisotopic (exact) mass is 1570 g/mol. The van der Waals surface area contributed by atoms with Gasteiger partial charge in [0, 0.05) is 55.8 Å². The van der Waals surface area contributed by atoms with Gasteiger partial charge in [-0.05, 0) is 197 Å². The molecule has 8 aliphatic carbocycles. The highest BCUT2D eigenvalue weighted by atomic mass is 16.7. The molecule has 14 fully saturated rings. The van der Waals surface area contributed by atoms with Crippen LogP contribution in [-0.4, -0.2) is 144 Å². The summed E-state index contributed by atoms with van der Waals surface area (Å²) in [5.74, 6) is 1.67. The first kappa shape index (κ1) is 85.7. The SMILES string of the molecule is C=C1CC[C@@H]2[C@](C)(CO)[C@H](O)CC[C@@]2(C)[C@@H]1C/C=C1/C(=O)OC[C@H]1C.C=C1CC[C@@H]2[C@](C)(CO)[C@H](O)CC[C@@]2(C)[C@@H]1C/C=C1/C(=O)OC[C@H]1O.C=C1CC[C@@H]2[C@]3(C)COC(c4ccccc4)O[C@@H]3CC[C@@]2(C)[C@@H]1C/C=C1/C(=O)OC[C@H]1C.C=C1CC[C@@H]2[C@]3(C)COC(c4ccccc4)O[C@@H]3CC[C@@]2(C)[C@@H]1C/C=C1/C(=O)OC[C@H]1O. The van der Waals surface area contributed by atoms with Crippen molar-refractivity contribution in [2.75, 3.05) is 52.9 Å². The van der Waals surface area contributed by atoms with E-state index in [0.29, 0.717) is 74.4 Å². The lowest BCUT2D eigenvalue weighted by Gasteiger charge is -2.62. The zero-order chi connectivity index (χ0) is 81.8. The van der Waals surface area contributed by atoms with E-state index in [0.717, 1.165) is 137 Å². The summed E-state index contributed by atoms with van der Waals surface area (Å²) < 4.78 is 46.1. The highest BCUT2D eigenvalue weighted by Gasteiger charge is 2.64. The Hall–Kier alpha value is -6.16. The van der Waals surface area contributed by atoms with Gasteiger partial charge in [0.1, 0.15) is 25.4 Å². The van der Waals surface area contributed by atoms with E-state index < -0.39 is 47.2 Å². The van der Waals surface area contributed by atoms with Gasteiger partial charge in [-0.3, -0.25) is 0 Å². The molecule has 0 aromatic heterocycles. The van der Waals surface area contributed by atoms with E-state index in [9.17, 15) is 49.8 Å². The van der Waals surface area contributed by atoms with Crippen molar-refractivity contribution in [2.24, 2.45) is 102 Å². The van der Waals surface area contributed by atoms with Crippen LogP contribution in [0.5, 0.6) is 0 Å². The molecule has 18 nitrogen and oxygen atoms in total. The van der Waals surface area contributed by atoms with Crippen molar-refractivity contribution in [2.45, 2.75) is 247 Å². The van der Waals surface area contributed by atoms with E-state index in [1.807, 2.05) is 69.3 Å². The number of rotatable bonds is 12. The molecule has 0 bridgehead atoms. The van der Waals surface area contributed by atoms with Gasteiger partial charge in [0.25, 0.3) is 0 Å². The molecule has 0 amide bonds. The lowest BCUT2D eigenvalue weighted by atomic mass is 9.46. The van der Waals surface area contributed by atoms with E-state index in [1.54, 1.807) is 0 Å². The minimum atomic E-state index is -0.844. The number of esters is 4. The van der Waals surface area contributed by atoms with Gasteiger partial charge in [-0.1, -0.05) is 203 Å². The van der Waals surface area contributed by atoms with E-state index in [2.05, 4.69) is 111 Å². The second-order valence-electron chi connectivity index (χ2n) is 38.9. The second-order valence-corrected chi connectivity index (χ2v) is 38.9. The molecular formula is C96H132O18. The van der Waals surface area contributed by atoms with Gasteiger partial charge < -0.3 is 68.5 Å². The van der Waals surface area contributed by atoms with Crippen molar-refractivity contribution < 1.29 is 87.7 Å². The predicted octanol–water partition coefficient (Wildman–Crippen LogP) is 15.9. The minimum absolute atomic E-state index is 0.00511. The number of allylic oxidation sites excluding steroid dienone is 8. The third kappa shape index (κ3) is 15.7. The number of benzene rings is 2. The number of aliphatic hydroxyl groups is 6. The van der Waals surface area contributed by atoms with Crippen LogP contribution in [-0.2, 0) is 57.1 Å². The molecule has 0 radical (unpaired) electrons. The normalized spacial score (nSPS) is 44.4. The van der Waals surface area contributed by atoms with Crippen molar-refractivity contribution >= 4 is 23.9 Å². The summed E-state index contributed by atoms with van der Waals surface area (Å²) in [6, 6.07) is 20.5. The maximum Gasteiger partial charge on any atom is 0.336 e. The summed E-state index contributed by atoms with van der Waals surface area (Å²) in [7, 11) is 0. The fraction of sp³-hybridized carbons (Fsp3) is 0.667. The Labute approximate surface area is 677 Å². The number of carbonyl (C=O) groups is 4. The summed E-state index contributed by atoms with van der Waals surface area (Å²) in [4.78, 5) is 47.8. The predicted molar refractivity (Wildman–Crippen MR) is 434 cm³/mol. The standard InChI is InChI=1S/C28H36O4.C27H34O5.C21H32O4.C20H30O5/c1-18-10-13-23-27(3,22(18)12-11-21-19(2)16-30-25(21)29)15-14-24-28(23,4)17-31-26(32-24)20-8-6-5-7-9-20;1-17-9-12-22-26(2,20(17)11-10-19-21(28)15-30-24(19)29)14-13-23-27(22,3)16-31-25(32-23)18-7-5-4-6-8-18;1-13-5-8-17-20(3,10-9-18(23)21(17,4)12-22)16(13)7-6-15-14(2)11-25-19(15)24;1-12-4-7-16-19(2,9-8-17(23)20(16,3)11-21)14(12)6-5-13-15(22)10-25-18(13)24/h5-9,11,19,22-24,26H,1,10,12-17H2,2-4H3;4-8,10,20-23,25,28H,1,9,11-16H2,2-3H3;6,14,16-18,22-23H,1,5,7-12H2,2-4H3;5,14-17,21-23H,1,4,6-11H2,2-3H3/b21-11+;19-10+;15-6+;13-5+/t19-,22-,23+,24-,26?,27+,28+;20-,21-,22+,23-,25?,26+,27+;14-,16-,17+,18-,20+,21+;14-,15-,16+,17-,19+,20+/m1111/s1. The molecule has 8 saturated carbocycles. The molecule has 624 valence electrons. The Bertz CT molecular complexity index is 3790. The van der Waals surface area contributed by atoms with Gasteiger partial charge in [-0.25, -0.2) is 19.2 Å². The molecule has 2 aromatic rings. The first-order valence-electron chi connectivity index (χ1n) is 42.9. The number of aliphatic hydroxyl groups excluding tert-OH is 6. The number of fused-ring (bicyclic) bond motifs is 8. The van der Waals surface area contributed by atoms with Crippen LogP contribution < -0.4 is 0 Å². The van der Waals surface area contributed by atoms with E-state index in [4.69, 9.17) is 37.9 Å². The number of hydrogen-bond acceptors (Lipinski definition) is 18. The Morgan fingerprint density at radius 1 is 0.386 bits per heavy atom. The molecule has 26 atom stereocenters. The molecule has 16 rings (SSSR count). The molecule has 14 aliphatic rings. The van der Waals surface area contributed by atoms with Crippen LogP contribution in [0.15, 0.2) is 156 Å². The summed E-state index contributed by atoms with van der Waals surface area (Å²) in [5, 5.41) is 61.1. The highest BCUT2D eigenvalue weighted by Crippen LogP contribution is 2.68. The van der Waals surface area contributed by atoms with Crippen molar-refractivity contribution in [3.63, 3.8) is 0 Å². The van der Waals surface area contributed by atoms with Crippen LogP contribution in [0.4, 0.5) is 0 Å². The summed E-state index contributed by atoms with van der Waals surface area (Å²) in [6.45, 7) is 42.2. The molecule has 18 heteroatoms. The van der Waals surface area contributed by atoms with Crippen molar-refractivity contribution in [1.29, 1.82) is 0 Å². The molecule has 6 heterocycles. The van der Waals surface area contributed by atoms with Crippen LogP contribution in [0, 0.1) is 102 Å². The van der Waals surface area contributed by atoms with Gasteiger partial charge >= 0.3 is 23.9 Å². The Morgan fingerprint density at radius 3 is 0.974 bits per heavy atom. The average Bonchev–Trinajstić information content (AvgIpc) is 0.728. The molecule has 6 aliphatic heterocycles. The number of ether oxygens (including phenoxy) is 8. The molecule has 2 aromatic carbocycles. The largest absolute Gasteiger partial charge is 0.462 e. The number of hydrogen-bond donors (Lipinski definition) is 6. The number of carbonyl (C=O) groups excluding carboxylic acids is 4. The van der Waals surface area contributed by atoms with Gasteiger partial charge in [0.05, 0.1) is 75.2 Å². The molecule has 2 unspecified atom stereocenters. The summed E-state index contributed by atoms with van der Waals surface area (Å²) >= 11 is 0. The van der Waals surface area contributed by atoms with E-state index in [-0.39, 0.29) is 137 Å². The zero-order valence-electron chi connectivity index (χ0n) is 69.7. The third-order valence-corrected chi connectivity index (χ3v) is 32.5. The molecule has 114 heavy (non-hydrogen) atoms. The van der Waals surface area contributed by atoms with Crippen molar-refractivity contribution in [1.82, 2.24) is 0 Å². The van der Waals surface area contributed by atoms with Crippen molar-refractivity contribution in [3.8, 4) is 0 Å². The van der Waals surface area contributed by atoms with Crippen LogP contribution in [0.25, 0.3) is 0 Å². The van der Waals surface area contributed by atoms with Gasteiger partial charge in [-0.2, -0.15) is 0 Å². The smallest absolute Gasteiger partial charge is 0.336 e. The first-order valence-corrected chi connectivity index (χ1v) is 42.9. The maximum atomic E-state index is 12.1. The average molecular weight is 1570 g/mol. The summed E-state index contributed by atoms with van der Waals surface area (Å²) in [5.41, 5.74) is 8.61. The Kier molecular flexibility index (Phi) is 25.5. The van der Waals surface area contributed by atoms with Gasteiger partial charge in [0.15, 0.2) is 12.6 Å². The third-order valence-electron chi connectivity index (χ3n) is 32.5. The lowest BCUT2D eigenvalue weighted by Crippen LogP contribution is -2.60. The Morgan fingerprint density at radius 2 is 0.675 bits per heavy atom. The van der Waals surface area contributed by atoms with Crippen LogP contribution in [0.2, 0.25) is 0 Å². The molecule has 6 saturated heterocycles. The molecule has 0 spiro atoms. The topological polar surface area (TPSA) is 263 Å². The van der Waals surface area contributed by atoms with Crippen molar-refractivity contribution in [3.05, 3.63) is 167 Å². The number of cyclic esters (lactones) is 4. The van der Waals surface area contributed by atoms with E-state index in [1.165, 1.54) is 16.7 Å². The maximum absolute atomic E-state index is 12.1. The summed E-state index contributed by atoms with van der Waals surface area (Å²) in [6.07, 6.45) is 23.4. The first-order chi connectivity index (χ1) is 54.1. The van der Waals surface area contributed by atoms with Crippen LogP contribution >= 0.6 is 0 Å². The highest BCUT2D eigenvalue weighted by molar-refractivity contribution is 5.92. The quantitative estimate of drug-likeness (QED) is 0.0499. The van der Waals surface area contributed by atoms with Crippen LogP contribution in [0.3, 0.4) is 0 Å². The molecule has 6 N–H and O–H groups in total. The lowest BCUT2D eigenvalue weighted by molar-refractivity contribution is -0.307. The molecular weight excluding hydrogens is 1440 g/mol. The van der Waals surface area contributed by atoms with E-state index >= 15 is 0 Å².